The number of nitrogens with one attached hydrogen (secondary N) is 1. The second kappa shape index (κ2) is 3.81. The van der Waals surface area contributed by atoms with Crippen molar-refractivity contribution in [2.75, 3.05) is 25.6 Å². The Kier molecular flexibility index (Phi) is 2.49. The number of carbonyl (C=O) groups excluding carboxylic acids is 1. The van der Waals surface area contributed by atoms with Crippen LogP contribution in [0, 0.1) is 0 Å². The van der Waals surface area contributed by atoms with Crippen LogP contribution in [0.4, 0.5) is 10.5 Å². The number of hydrogen-bond acceptors (Lipinski definition) is 3. The molecule has 1 aliphatic heterocycles. The SMILES string of the molecule is CN(C)c1cccc(C2COC(=O)N2)c1. The Labute approximate surface area is 88.8 Å². The van der Waals surface area contributed by atoms with E-state index in [4.69, 9.17) is 4.74 Å². The lowest BCUT2D eigenvalue weighted by Gasteiger charge is -2.15. The fraction of sp³-hybridized carbons (Fsp3) is 0.364. The minimum Gasteiger partial charge on any atom is -0.447 e. The van der Waals surface area contributed by atoms with Crippen LogP contribution in [0.25, 0.3) is 0 Å². The van der Waals surface area contributed by atoms with Gasteiger partial charge in [0.1, 0.15) is 6.61 Å². The summed E-state index contributed by atoms with van der Waals surface area (Å²) in [6.45, 7) is 0.412. The van der Waals surface area contributed by atoms with E-state index in [1.54, 1.807) is 0 Å². The number of ether oxygens (including phenoxy) is 1. The van der Waals surface area contributed by atoms with Gasteiger partial charge in [-0.15, -0.1) is 0 Å². The minimum atomic E-state index is -0.338. The molecule has 0 spiro atoms. The Hall–Kier alpha value is -1.71. The van der Waals surface area contributed by atoms with Gasteiger partial charge in [0.15, 0.2) is 0 Å². The number of benzene rings is 1. The average molecular weight is 206 g/mol. The number of hydrogen-bond donors (Lipinski definition) is 1. The van der Waals surface area contributed by atoms with Gasteiger partial charge in [-0.2, -0.15) is 0 Å². The highest BCUT2D eigenvalue weighted by molar-refractivity contribution is 5.70. The summed E-state index contributed by atoms with van der Waals surface area (Å²) in [5.74, 6) is 0. The zero-order valence-corrected chi connectivity index (χ0v) is 8.86. The summed E-state index contributed by atoms with van der Waals surface area (Å²) < 4.78 is 4.86. The number of amides is 1. The van der Waals surface area contributed by atoms with Crippen molar-refractivity contribution in [3.63, 3.8) is 0 Å². The first kappa shape index (κ1) is 9.83. The number of cyclic esters (lactones) is 1. The molecule has 0 aromatic heterocycles. The zero-order valence-electron chi connectivity index (χ0n) is 8.86. The summed E-state index contributed by atoms with van der Waals surface area (Å²) in [6, 6.07) is 8.04. The van der Waals surface area contributed by atoms with Gasteiger partial charge in [-0.3, -0.25) is 0 Å². The molecule has 1 fully saturated rings. The Morgan fingerprint density at radius 3 is 2.87 bits per heavy atom. The fourth-order valence-corrected chi connectivity index (χ4v) is 1.58. The molecule has 0 aliphatic carbocycles. The van der Waals surface area contributed by atoms with Crippen molar-refractivity contribution in [3.8, 4) is 0 Å². The summed E-state index contributed by atoms with van der Waals surface area (Å²) in [5, 5.41) is 2.76. The van der Waals surface area contributed by atoms with E-state index in [1.165, 1.54) is 0 Å². The average Bonchev–Trinajstić information content (AvgIpc) is 2.65. The number of alkyl carbamates (subject to hydrolysis) is 1. The largest absolute Gasteiger partial charge is 0.447 e. The Morgan fingerprint density at radius 2 is 2.27 bits per heavy atom. The van der Waals surface area contributed by atoms with E-state index in [-0.39, 0.29) is 12.1 Å². The molecule has 1 N–H and O–H groups in total. The van der Waals surface area contributed by atoms with Crippen LogP contribution in [0.1, 0.15) is 11.6 Å². The molecule has 0 bridgehead atoms. The molecule has 2 rings (SSSR count). The van der Waals surface area contributed by atoms with Gasteiger partial charge in [0.05, 0.1) is 6.04 Å². The summed E-state index contributed by atoms with van der Waals surface area (Å²) in [6.07, 6.45) is -0.338. The first-order valence-electron chi connectivity index (χ1n) is 4.87. The lowest BCUT2D eigenvalue weighted by molar-refractivity contribution is 0.177. The summed E-state index contributed by atoms with van der Waals surface area (Å²) in [7, 11) is 3.98. The molecule has 1 aliphatic rings. The number of anilines is 1. The molecule has 4 heteroatoms. The molecule has 0 saturated carbocycles. The Morgan fingerprint density at radius 1 is 1.47 bits per heavy atom. The molecule has 0 radical (unpaired) electrons. The van der Waals surface area contributed by atoms with E-state index in [2.05, 4.69) is 11.4 Å². The van der Waals surface area contributed by atoms with Crippen LogP contribution in [0.3, 0.4) is 0 Å². The van der Waals surface area contributed by atoms with Crippen molar-refractivity contribution in [2.45, 2.75) is 6.04 Å². The smallest absolute Gasteiger partial charge is 0.407 e. The maximum atomic E-state index is 10.9. The zero-order chi connectivity index (χ0) is 10.8. The van der Waals surface area contributed by atoms with Crippen molar-refractivity contribution in [3.05, 3.63) is 29.8 Å². The van der Waals surface area contributed by atoms with Crippen LogP contribution in [-0.2, 0) is 4.74 Å². The van der Waals surface area contributed by atoms with Gasteiger partial charge >= 0.3 is 6.09 Å². The maximum Gasteiger partial charge on any atom is 0.407 e. The van der Waals surface area contributed by atoms with Crippen LogP contribution in [-0.4, -0.2) is 26.8 Å². The molecule has 1 unspecified atom stereocenters. The van der Waals surface area contributed by atoms with E-state index in [1.807, 2.05) is 37.2 Å². The Bertz CT molecular complexity index is 377. The van der Waals surface area contributed by atoms with E-state index in [0.29, 0.717) is 6.61 Å². The number of nitrogens with zero attached hydrogens (tertiary/aromatic N) is 1. The van der Waals surface area contributed by atoms with Crippen LogP contribution in [0.15, 0.2) is 24.3 Å². The lowest BCUT2D eigenvalue weighted by Crippen LogP contribution is -2.18. The van der Waals surface area contributed by atoms with Crippen LogP contribution >= 0.6 is 0 Å². The quantitative estimate of drug-likeness (QED) is 0.798. The second-order valence-corrected chi connectivity index (χ2v) is 3.78. The fourth-order valence-electron chi connectivity index (χ4n) is 1.58. The van der Waals surface area contributed by atoms with Crippen molar-refractivity contribution < 1.29 is 9.53 Å². The van der Waals surface area contributed by atoms with Gasteiger partial charge in [-0.25, -0.2) is 4.79 Å². The monoisotopic (exact) mass is 206 g/mol. The molecule has 15 heavy (non-hydrogen) atoms. The molecular formula is C11H14N2O2. The summed E-state index contributed by atoms with van der Waals surface area (Å²) in [4.78, 5) is 12.9. The normalized spacial score (nSPS) is 19.6. The van der Waals surface area contributed by atoms with Crippen LogP contribution in [0.5, 0.6) is 0 Å². The standard InChI is InChI=1S/C11H14N2O2/c1-13(2)9-5-3-4-8(6-9)10-7-15-11(14)12-10/h3-6,10H,7H2,1-2H3,(H,12,14). The topological polar surface area (TPSA) is 41.6 Å². The van der Waals surface area contributed by atoms with Crippen molar-refractivity contribution >= 4 is 11.8 Å². The van der Waals surface area contributed by atoms with Gasteiger partial charge in [-0.1, -0.05) is 12.1 Å². The van der Waals surface area contributed by atoms with Gasteiger partial charge in [0.2, 0.25) is 0 Å². The van der Waals surface area contributed by atoms with E-state index < -0.39 is 0 Å². The molecule has 1 amide bonds. The Balaban J connectivity index is 2.21. The predicted octanol–water partition coefficient (Wildman–Crippen LogP) is 1.53. The third-order valence-corrected chi connectivity index (χ3v) is 2.46. The molecular weight excluding hydrogens is 192 g/mol. The third kappa shape index (κ3) is 2.03. The van der Waals surface area contributed by atoms with E-state index >= 15 is 0 Å². The molecule has 1 aromatic carbocycles. The molecule has 80 valence electrons. The summed E-state index contributed by atoms with van der Waals surface area (Å²) >= 11 is 0. The van der Waals surface area contributed by atoms with Gasteiger partial charge in [0, 0.05) is 19.8 Å². The third-order valence-electron chi connectivity index (χ3n) is 2.46. The van der Waals surface area contributed by atoms with Crippen molar-refractivity contribution in [1.29, 1.82) is 0 Å². The number of carbonyl (C=O) groups is 1. The van der Waals surface area contributed by atoms with Gasteiger partial charge in [-0.05, 0) is 17.7 Å². The molecule has 1 heterocycles. The first-order valence-corrected chi connectivity index (χ1v) is 4.87. The molecule has 4 nitrogen and oxygen atoms in total. The second-order valence-electron chi connectivity index (χ2n) is 3.78. The van der Waals surface area contributed by atoms with Crippen molar-refractivity contribution in [2.24, 2.45) is 0 Å². The molecule has 1 aromatic rings. The maximum absolute atomic E-state index is 10.9. The van der Waals surface area contributed by atoms with Gasteiger partial charge in [0.25, 0.3) is 0 Å². The highest BCUT2D eigenvalue weighted by atomic mass is 16.6. The van der Waals surface area contributed by atoms with Crippen LogP contribution in [0.2, 0.25) is 0 Å². The van der Waals surface area contributed by atoms with Crippen molar-refractivity contribution in [1.82, 2.24) is 5.32 Å². The minimum absolute atomic E-state index is 0.0163. The highest BCUT2D eigenvalue weighted by Crippen LogP contribution is 2.22. The molecule has 1 atom stereocenters. The lowest BCUT2D eigenvalue weighted by atomic mass is 10.1. The molecule has 1 saturated heterocycles. The number of rotatable bonds is 2. The highest BCUT2D eigenvalue weighted by Gasteiger charge is 2.23. The summed E-state index contributed by atoms with van der Waals surface area (Å²) in [5.41, 5.74) is 2.20. The van der Waals surface area contributed by atoms with Gasteiger partial charge < -0.3 is 15.0 Å². The predicted molar refractivity (Wildman–Crippen MR) is 58.0 cm³/mol. The van der Waals surface area contributed by atoms with E-state index in [0.717, 1.165) is 11.3 Å². The van der Waals surface area contributed by atoms with E-state index in [9.17, 15) is 4.79 Å². The first-order chi connectivity index (χ1) is 7.16. The van der Waals surface area contributed by atoms with Crippen LogP contribution < -0.4 is 10.2 Å².